The summed E-state index contributed by atoms with van der Waals surface area (Å²) >= 11 is 0. The number of halogens is 3. The highest BCUT2D eigenvalue weighted by molar-refractivity contribution is 5.42. The summed E-state index contributed by atoms with van der Waals surface area (Å²) in [5.74, 6) is -2.74. The van der Waals surface area contributed by atoms with Gasteiger partial charge in [0, 0.05) is 19.5 Å². The van der Waals surface area contributed by atoms with Crippen molar-refractivity contribution in [2.75, 3.05) is 12.0 Å². The normalized spacial score (nSPS) is 13.4. The summed E-state index contributed by atoms with van der Waals surface area (Å²) in [6, 6.07) is 1.87. The Morgan fingerprint density at radius 2 is 1.93 bits per heavy atom. The smallest absolute Gasteiger partial charge is 0.194 e. The van der Waals surface area contributed by atoms with Crippen LogP contribution in [0.1, 0.15) is 23.5 Å². The first-order valence-corrected chi connectivity index (χ1v) is 8.49. The third-order valence-electron chi connectivity index (χ3n) is 4.28. The molecule has 0 bridgehead atoms. The fraction of sp³-hybridized carbons (Fsp3) is 0.375. The predicted molar refractivity (Wildman–Crippen MR) is 89.1 cm³/mol. The average Bonchev–Trinajstić information content (AvgIpc) is 3.27. The van der Waals surface area contributed by atoms with E-state index in [0.717, 1.165) is 43.2 Å². The highest BCUT2D eigenvalue weighted by Crippen LogP contribution is 2.17. The van der Waals surface area contributed by atoms with E-state index in [0.29, 0.717) is 19.0 Å². The van der Waals surface area contributed by atoms with Gasteiger partial charge in [0.05, 0.1) is 25.2 Å². The van der Waals surface area contributed by atoms with E-state index in [1.165, 1.54) is 4.80 Å². The molecule has 11 heteroatoms. The number of nitrogens with one attached hydrogen (secondary N) is 2. The Kier molecular flexibility index (Phi) is 4.75. The van der Waals surface area contributed by atoms with Gasteiger partial charge >= 0.3 is 0 Å². The van der Waals surface area contributed by atoms with Crippen LogP contribution in [0, 0.1) is 17.5 Å². The van der Waals surface area contributed by atoms with Crippen molar-refractivity contribution in [3.8, 4) is 0 Å². The molecule has 1 aromatic carbocycles. The number of hydrogen-bond donors (Lipinski definition) is 2. The summed E-state index contributed by atoms with van der Waals surface area (Å²) in [6.07, 6.45) is 2.63. The fourth-order valence-electron chi connectivity index (χ4n) is 2.98. The number of benzene rings is 1. The van der Waals surface area contributed by atoms with Gasteiger partial charge in [0.25, 0.3) is 0 Å². The first kappa shape index (κ1) is 17.5. The number of anilines is 1. The minimum atomic E-state index is -1.48. The lowest BCUT2D eigenvalue weighted by atomic mass is 10.1. The lowest BCUT2D eigenvalue weighted by molar-refractivity contribution is 0.445. The van der Waals surface area contributed by atoms with Crippen LogP contribution in [0.3, 0.4) is 0 Å². The van der Waals surface area contributed by atoms with E-state index in [9.17, 15) is 13.2 Å². The van der Waals surface area contributed by atoms with E-state index < -0.39 is 17.5 Å². The molecule has 142 valence electrons. The van der Waals surface area contributed by atoms with Gasteiger partial charge < -0.3 is 9.88 Å². The SMILES string of the molecule is Fc1cc(Cc2nnn(CCCn3cnc4c3CNCN4)n2)cc(F)c1F. The molecule has 0 spiro atoms. The molecule has 0 saturated carbocycles. The molecule has 27 heavy (non-hydrogen) atoms. The second-order valence-electron chi connectivity index (χ2n) is 6.22. The average molecular weight is 378 g/mol. The molecule has 0 aliphatic carbocycles. The van der Waals surface area contributed by atoms with Crippen molar-refractivity contribution in [1.82, 2.24) is 35.1 Å². The number of hydrogen-bond acceptors (Lipinski definition) is 6. The van der Waals surface area contributed by atoms with Crippen molar-refractivity contribution in [2.24, 2.45) is 0 Å². The monoisotopic (exact) mass is 378 g/mol. The predicted octanol–water partition coefficient (Wildman–Crippen LogP) is 1.44. The molecule has 8 nitrogen and oxygen atoms in total. The largest absolute Gasteiger partial charge is 0.356 e. The Labute approximate surface area is 152 Å². The lowest BCUT2D eigenvalue weighted by Crippen LogP contribution is -2.28. The molecule has 2 N–H and O–H groups in total. The van der Waals surface area contributed by atoms with Crippen LogP contribution >= 0.6 is 0 Å². The molecule has 0 saturated heterocycles. The molecule has 0 atom stereocenters. The molecule has 0 amide bonds. The van der Waals surface area contributed by atoms with Crippen LogP contribution in [0.5, 0.6) is 0 Å². The third kappa shape index (κ3) is 3.77. The summed E-state index contributed by atoms with van der Waals surface area (Å²) in [6.45, 7) is 2.75. The Bertz CT molecular complexity index is 928. The zero-order valence-corrected chi connectivity index (χ0v) is 14.3. The summed E-state index contributed by atoms with van der Waals surface area (Å²) in [4.78, 5) is 5.76. The van der Waals surface area contributed by atoms with Gasteiger partial charge in [-0.2, -0.15) is 4.80 Å². The quantitative estimate of drug-likeness (QED) is 0.632. The van der Waals surface area contributed by atoms with Gasteiger partial charge in [-0.05, 0) is 29.3 Å². The van der Waals surface area contributed by atoms with Crippen molar-refractivity contribution < 1.29 is 13.2 Å². The first-order valence-electron chi connectivity index (χ1n) is 8.49. The molecule has 1 aliphatic heterocycles. The number of aryl methyl sites for hydroxylation is 2. The molecule has 0 fully saturated rings. The zero-order valence-electron chi connectivity index (χ0n) is 14.3. The number of imidazole rings is 1. The fourth-order valence-corrected chi connectivity index (χ4v) is 2.98. The molecule has 0 unspecified atom stereocenters. The van der Waals surface area contributed by atoms with Gasteiger partial charge in [0.15, 0.2) is 23.3 Å². The van der Waals surface area contributed by atoms with Crippen molar-refractivity contribution in [3.05, 3.63) is 53.0 Å². The minimum absolute atomic E-state index is 0.0699. The van der Waals surface area contributed by atoms with Crippen LogP contribution in [0.25, 0.3) is 0 Å². The van der Waals surface area contributed by atoms with Crippen molar-refractivity contribution in [2.45, 2.75) is 32.5 Å². The van der Waals surface area contributed by atoms with Crippen LogP contribution in [0.4, 0.5) is 19.0 Å². The van der Waals surface area contributed by atoms with E-state index >= 15 is 0 Å². The number of tetrazole rings is 1. The highest BCUT2D eigenvalue weighted by Gasteiger charge is 2.15. The van der Waals surface area contributed by atoms with Gasteiger partial charge in [0.1, 0.15) is 5.82 Å². The van der Waals surface area contributed by atoms with E-state index in [-0.39, 0.29) is 12.0 Å². The van der Waals surface area contributed by atoms with E-state index in [4.69, 9.17) is 0 Å². The molecular weight excluding hydrogens is 361 g/mol. The van der Waals surface area contributed by atoms with Gasteiger partial charge in [0.2, 0.25) is 0 Å². The molecule has 0 radical (unpaired) electrons. The summed E-state index contributed by atoms with van der Waals surface area (Å²) in [7, 11) is 0. The highest BCUT2D eigenvalue weighted by atomic mass is 19.2. The standard InChI is InChI=1S/C16H17F3N8/c17-11-4-10(5-12(18)15(11)19)6-14-23-25-27(24-14)3-1-2-26-9-22-16-13(26)7-20-8-21-16/h4-5,9,20-21H,1-3,6-8H2. The van der Waals surface area contributed by atoms with Gasteiger partial charge in [-0.3, -0.25) is 5.32 Å². The van der Waals surface area contributed by atoms with Crippen molar-refractivity contribution in [3.63, 3.8) is 0 Å². The molecular formula is C16H17F3N8. The Morgan fingerprint density at radius 1 is 1.11 bits per heavy atom. The van der Waals surface area contributed by atoms with E-state index in [1.54, 1.807) is 6.33 Å². The number of aromatic nitrogens is 6. The molecule has 3 aromatic rings. The van der Waals surface area contributed by atoms with Gasteiger partial charge in [-0.25, -0.2) is 18.2 Å². The number of fused-ring (bicyclic) bond motifs is 1. The van der Waals surface area contributed by atoms with Crippen molar-refractivity contribution in [1.29, 1.82) is 0 Å². The van der Waals surface area contributed by atoms with Crippen LogP contribution in [0.2, 0.25) is 0 Å². The van der Waals surface area contributed by atoms with Gasteiger partial charge in [-0.1, -0.05) is 0 Å². The molecule has 2 aromatic heterocycles. The zero-order chi connectivity index (χ0) is 18.8. The third-order valence-corrected chi connectivity index (χ3v) is 4.28. The Hall–Kier alpha value is -2.95. The van der Waals surface area contributed by atoms with Crippen LogP contribution < -0.4 is 10.6 Å². The maximum Gasteiger partial charge on any atom is 0.194 e. The maximum absolute atomic E-state index is 13.3. The summed E-state index contributed by atoms with van der Waals surface area (Å²) in [5, 5.41) is 18.4. The van der Waals surface area contributed by atoms with E-state index in [1.807, 2.05) is 0 Å². The molecule has 3 heterocycles. The van der Waals surface area contributed by atoms with E-state index in [2.05, 4.69) is 35.6 Å². The van der Waals surface area contributed by atoms with Crippen molar-refractivity contribution >= 4 is 5.82 Å². The number of nitrogens with zero attached hydrogens (tertiary/aromatic N) is 6. The summed E-state index contributed by atoms with van der Waals surface area (Å²) in [5.41, 5.74) is 1.35. The maximum atomic E-state index is 13.3. The second kappa shape index (κ2) is 7.35. The topological polar surface area (TPSA) is 85.5 Å². The Morgan fingerprint density at radius 3 is 2.74 bits per heavy atom. The molecule has 1 aliphatic rings. The summed E-state index contributed by atoms with van der Waals surface area (Å²) < 4.78 is 41.6. The van der Waals surface area contributed by atoms with Crippen LogP contribution in [-0.2, 0) is 26.1 Å². The van der Waals surface area contributed by atoms with Crippen LogP contribution in [0.15, 0.2) is 18.5 Å². The minimum Gasteiger partial charge on any atom is -0.356 e. The van der Waals surface area contributed by atoms with Gasteiger partial charge in [-0.15, -0.1) is 10.2 Å². The van der Waals surface area contributed by atoms with Crippen LogP contribution in [-0.4, -0.2) is 36.4 Å². The Balaban J connectivity index is 1.34. The molecule has 4 rings (SSSR count). The lowest BCUT2D eigenvalue weighted by Gasteiger charge is -2.16. The number of rotatable bonds is 6. The second-order valence-corrected chi connectivity index (χ2v) is 6.22. The first-order chi connectivity index (χ1) is 13.1.